The fourth-order valence-electron chi connectivity index (χ4n) is 10.8. The average Bonchev–Trinajstić information content (AvgIpc) is 3.03. The molecule has 0 spiro atoms. The van der Waals surface area contributed by atoms with Crippen molar-refractivity contribution in [3.8, 4) is 0 Å². The average molecular weight is 445 g/mol. The van der Waals surface area contributed by atoms with E-state index in [0.29, 0.717) is 17.9 Å². The maximum absolute atomic E-state index is 10.8. The molecular formula is C30H52O2. The smallest absolute Gasteiger partial charge is 0.0583 e. The molecule has 0 aromatic carbocycles. The summed E-state index contributed by atoms with van der Waals surface area (Å²) >= 11 is 0. The van der Waals surface area contributed by atoms with Gasteiger partial charge >= 0.3 is 0 Å². The van der Waals surface area contributed by atoms with Crippen LogP contribution < -0.4 is 0 Å². The van der Waals surface area contributed by atoms with Crippen molar-refractivity contribution < 1.29 is 10.2 Å². The first kappa shape index (κ1) is 24.8. The Kier molecular flexibility index (Phi) is 7.25. The molecule has 0 bridgehead atoms. The van der Waals surface area contributed by atoms with E-state index in [-0.39, 0.29) is 11.5 Å². The summed E-state index contributed by atoms with van der Waals surface area (Å²) < 4.78 is 0. The minimum atomic E-state index is -0.153. The van der Waals surface area contributed by atoms with Crippen LogP contribution in [-0.2, 0) is 0 Å². The number of allylic oxidation sites excluding steroid dienone is 1. The lowest BCUT2D eigenvalue weighted by molar-refractivity contribution is -0.116. The minimum absolute atomic E-state index is 0.153. The van der Waals surface area contributed by atoms with Crippen LogP contribution in [0.4, 0.5) is 0 Å². The molecule has 4 aliphatic rings. The predicted octanol–water partition coefficient (Wildman–Crippen LogP) is 7.24. The van der Waals surface area contributed by atoms with E-state index in [0.717, 1.165) is 60.7 Å². The summed E-state index contributed by atoms with van der Waals surface area (Å²) in [5.41, 5.74) is 2.35. The van der Waals surface area contributed by atoms with Crippen molar-refractivity contribution in [1.29, 1.82) is 0 Å². The van der Waals surface area contributed by atoms with Crippen LogP contribution in [0.2, 0.25) is 0 Å². The Labute approximate surface area is 198 Å². The fraction of sp³-hybridized carbons (Fsp3) is 0.933. The van der Waals surface area contributed by atoms with Crippen molar-refractivity contribution in [2.24, 2.45) is 58.2 Å². The van der Waals surface area contributed by atoms with Gasteiger partial charge in [0.05, 0.1) is 6.10 Å². The molecule has 32 heavy (non-hydrogen) atoms. The molecule has 2 N–H and O–H groups in total. The molecule has 0 aliphatic heterocycles. The highest BCUT2D eigenvalue weighted by Gasteiger charge is 2.66. The van der Waals surface area contributed by atoms with Crippen LogP contribution >= 0.6 is 0 Å². The SMILES string of the molecule is CCC1C2=CCC(O)C[C@]2(C)[C@@H]2CC[C@]3(C)C(CCCO)C(CC)C(CC)[C@H]3[C@@H]2C1CC. The molecule has 0 saturated heterocycles. The van der Waals surface area contributed by atoms with Gasteiger partial charge in [-0.2, -0.15) is 0 Å². The van der Waals surface area contributed by atoms with Gasteiger partial charge in [-0.15, -0.1) is 0 Å². The van der Waals surface area contributed by atoms with E-state index in [1.54, 1.807) is 5.57 Å². The van der Waals surface area contributed by atoms with Crippen molar-refractivity contribution in [1.82, 2.24) is 0 Å². The summed E-state index contributed by atoms with van der Waals surface area (Å²) in [7, 11) is 0. The largest absolute Gasteiger partial charge is 0.396 e. The second-order valence-corrected chi connectivity index (χ2v) is 12.6. The van der Waals surface area contributed by atoms with Crippen LogP contribution in [0, 0.1) is 58.2 Å². The molecule has 3 saturated carbocycles. The van der Waals surface area contributed by atoms with Gasteiger partial charge in [-0.1, -0.05) is 72.5 Å². The van der Waals surface area contributed by atoms with Gasteiger partial charge in [0.15, 0.2) is 0 Å². The van der Waals surface area contributed by atoms with Crippen LogP contribution in [-0.4, -0.2) is 22.9 Å². The van der Waals surface area contributed by atoms with Crippen molar-refractivity contribution in [3.05, 3.63) is 11.6 Å². The molecule has 0 amide bonds. The number of hydrogen-bond acceptors (Lipinski definition) is 2. The summed E-state index contributed by atoms with van der Waals surface area (Å²) in [6.45, 7) is 15.4. The second kappa shape index (κ2) is 9.37. The van der Waals surface area contributed by atoms with Gasteiger partial charge in [0.1, 0.15) is 0 Å². The second-order valence-electron chi connectivity index (χ2n) is 12.6. The minimum Gasteiger partial charge on any atom is -0.396 e. The van der Waals surface area contributed by atoms with Gasteiger partial charge in [0.25, 0.3) is 0 Å². The monoisotopic (exact) mass is 444 g/mol. The zero-order chi connectivity index (χ0) is 23.3. The Hall–Kier alpha value is -0.340. The van der Waals surface area contributed by atoms with E-state index >= 15 is 0 Å². The lowest BCUT2D eigenvalue weighted by atomic mass is 9.41. The first-order valence-electron chi connectivity index (χ1n) is 14.3. The molecule has 3 fully saturated rings. The van der Waals surface area contributed by atoms with Gasteiger partial charge in [0, 0.05) is 6.61 Å². The molecule has 11 atom stereocenters. The Bertz CT molecular complexity index is 684. The van der Waals surface area contributed by atoms with Crippen LogP contribution in [0.5, 0.6) is 0 Å². The first-order chi connectivity index (χ1) is 15.3. The highest BCUT2D eigenvalue weighted by molar-refractivity contribution is 5.29. The summed E-state index contributed by atoms with van der Waals surface area (Å²) in [5.74, 6) is 6.27. The lowest BCUT2D eigenvalue weighted by Crippen LogP contribution is -2.57. The van der Waals surface area contributed by atoms with Crippen molar-refractivity contribution in [2.45, 2.75) is 112 Å². The number of aliphatic hydroxyl groups is 2. The highest BCUT2D eigenvalue weighted by atomic mass is 16.3. The molecule has 0 radical (unpaired) electrons. The molecule has 184 valence electrons. The Morgan fingerprint density at radius 3 is 2.25 bits per heavy atom. The van der Waals surface area contributed by atoms with E-state index in [1.807, 2.05) is 0 Å². The Morgan fingerprint density at radius 1 is 0.969 bits per heavy atom. The predicted molar refractivity (Wildman–Crippen MR) is 134 cm³/mol. The standard InChI is InChI=1S/C30H52O2/c1-7-20-22(9-3)27-26(30(6)18-19(32)13-14-25(20)30)15-16-29(5)24(12-11-17-31)21(8-2)23(10-4)28(27)29/h14,19-24,26-28,31-32H,7-13,15-18H2,1-6H3/t19?,20?,21?,22?,23?,24?,26-,27-,28+,29-,30+/m1/s1. The number of rotatable bonds is 7. The summed E-state index contributed by atoms with van der Waals surface area (Å²) in [6.07, 6.45) is 14.2. The van der Waals surface area contributed by atoms with E-state index in [1.165, 1.54) is 44.9 Å². The lowest BCUT2D eigenvalue weighted by Gasteiger charge is -2.64. The molecule has 6 unspecified atom stereocenters. The van der Waals surface area contributed by atoms with Crippen molar-refractivity contribution >= 4 is 0 Å². The maximum Gasteiger partial charge on any atom is 0.0583 e. The van der Waals surface area contributed by atoms with Crippen LogP contribution in [0.25, 0.3) is 0 Å². The van der Waals surface area contributed by atoms with Crippen LogP contribution in [0.1, 0.15) is 106 Å². The van der Waals surface area contributed by atoms with E-state index in [2.05, 4.69) is 47.6 Å². The van der Waals surface area contributed by atoms with Gasteiger partial charge in [-0.05, 0) is 103 Å². The van der Waals surface area contributed by atoms with E-state index < -0.39 is 0 Å². The molecule has 2 nitrogen and oxygen atoms in total. The van der Waals surface area contributed by atoms with Crippen LogP contribution in [0.15, 0.2) is 11.6 Å². The number of fused-ring (bicyclic) bond motifs is 5. The molecule has 0 aromatic heterocycles. The van der Waals surface area contributed by atoms with Gasteiger partial charge in [-0.3, -0.25) is 0 Å². The molecule has 2 heteroatoms. The summed E-state index contributed by atoms with van der Waals surface area (Å²) in [5, 5.41) is 20.5. The topological polar surface area (TPSA) is 40.5 Å². The van der Waals surface area contributed by atoms with Crippen molar-refractivity contribution in [2.75, 3.05) is 6.61 Å². The zero-order valence-corrected chi connectivity index (χ0v) is 21.9. The van der Waals surface area contributed by atoms with Gasteiger partial charge < -0.3 is 10.2 Å². The molecule has 0 heterocycles. The molecule has 4 aliphatic carbocycles. The normalized spacial score (nSPS) is 50.4. The highest BCUT2D eigenvalue weighted by Crippen LogP contribution is 2.73. The fourth-order valence-corrected chi connectivity index (χ4v) is 10.8. The molecule has 4 rings (SSSR count). The Balaban J connectivity index is 1.82. The van der Waals surface area contributed by atoms with E-state index in [4.69, 9.17) is 0 Å². The zero-order valence-electron chi connectivity index (χ0n) is 21.9. The molecule has 0 aromatic rings. The number of hydrogen-bond donors (Lipinski definition) is 2. The first-order valence-corrected chi connectivity index (χ1v) is 14.3. The van der Waals surface area contributed by atoms with Crippen LogP contribution in [0.3, 0.4) is 0 Å². The molecular weight excluding hydrogens is 392 g/mol. The summed E-state index contributed by atoms with van der Waals surface area (Å²) in [6, 6.07) is 0. The number of aliphatic hydroxyl groups excluding tert-OH is 2. The summed E-state index contributed by atoms with van der Waals surface area (Å²) in [4.78, 5) is 0. The third-order valence-electron chi connectivity index (χ3n) is 11.7. The van der Waals surface area contributed by atoms with Gasteiger partial charge in [-0.25, -0.2) is 0 Å². The Morgan fingerprint density at radius 2 is 1.66 bits per heavy atom. The quantitative estimate of drug-likeness (QED) is 0.406. The third kappa shape index (κ3) is 3.48. The third-order valence-corrected chi connectivity index (χ3v) is 11.7. The van der Waals surface area contributed by atoms with E-state index in [9.17, 15) is 10.2 Å². The maximum atomic E-state index is 10.8. The van der Waals surface area contributed by atoms with Crippen molar-refractivity contribution in [3.63, 3.8) is 0 Å². The van der Waals surface area contributed by atoms with Gasteiger partial charge in [0.2, 0.25) is 0 Å².